The van der Waals surface area contributed by atoms with E-state index < -0.39 is 0 Å². The van der Waals surface area contributed by atoms with Gasteiger partial charge in [0.15, 0.2) is 5.65 Å². The molecule has 0 atom stereocenters. The second-order valence-electron chi connectivity index (χ2n) is 4.24. The van der Waals surface area contributed by atoms with Crippen molar-refractivity contribution in [3.8, 4) is 0 Å². The van der Waals surface area contributed by atoms with E-state index in [4.69, 9.17) is 0 Å². The van der Waals surface area contributed by atoms with Crippen molar-refractivity contribution in [1.29, 1.82) is 0 Å². The van der Waals surface area contributed by atoms with Crippen molar-refractivity contribution in [2.45, 2.75) is 24.1 Å². The zero-order valence-electron chi connectivity index (χ0n) is 10.6. The molecule has 0 fully saturated rings. The van der Waals surface area contributed by atoms with Gasteiger partial charge in [-0.05, 0) is 17.5 Å². The minimum Gasteiger partial charge on any atom is -0.341 e. The third kappa shape index (κ3) is 2.61. The molecule has 0 radical (unpaired) electrons. The molecule has 0 aliphatic carbocycles. The molecule has 0 bridgehead atoms. The highest BCUT2D eigenvalue weighted by molar-refractivity contribution is 7.98. The van der Waals surface area contributed by atoms with E-state index in [-0.39, 0.29) is 0 Å². The van der Waals surface area contributed by atoms with Crippen molar-refractivity contribution in [3.05, 3.63) is 48.0 Å². The van der Waals surface area contributed by atoms with Crippen LogP contribution in [-0.4, -0.2) is 19.9 Å². The summed E-state index contributed by atoms with van der Waals surface area (Å²) < 4.78 is 0. The summed E-state index contributed by atoms with van der Waals surface area (Å²) in [6.45, 7) is 2.17. The largest absolute Gasteiger partial charge is 0.341 e. The van der Waals surface area contributed by atoms with Gasteiger partial charge in [-0.2, -0.15) is 0 Å². The molecule has 2 aromatic heterocycles. The maximum atomic E-state index is 4.32. The number of hydrogen-bond acceptors (Lipinski definition) is 4. The second kappa shape index (κ2) is 5.40. The summed E-state index contributed by atoms with van der Waals surface area (Å²) in [4.78, 5) is 15.7. The number of H-pyrrole nitrogens is 1. The summed E-state index contributed by atoms with van der Waals surface area (Å²) in [5, 5.41) is 0.949. The standard InChI is InChI=1S/C14H14N4S/c1-2-10-4-3-5-11(6-10)7-19-14-12-13(16-8-15-12)17-9-18-14/h3-6,8-9H,2,7H2,1H3,(H,15,16,17,18). The van der Waals surface area contributed by atoms with E-state index in [1.54, 1.807) is 24.4 Å². The fraction of sp³-hybridized carbons (Fsp3) is 0.214. The molecule has 0 spiro atoms. The van der Waals surface area contributed by atoms with Crippen LogP contribution < -0.4 is 0 Å². The van der Waals surface area contributed by atoms with Crippen LogP contribution in [0, 0.1) is 0 Å². The van der Waals surface area contributed by atoms with E-state index in [0.29, 0.717) is 0 Å². The topological polar surface area (TPSA) is 54.5 Å². The monoisotopic (exact) mass is 270 g/mol. The number of aromatic nitrogens is 4. The molecule has 3 aromatic rings. The van der Waals surface area contributed by atoms with E-state index in [1.165, 1.54) is 11.1 Å². The quantitative estimate of drug-likeness (QED) is 0.584. The first-order chi connectivity index (χ1) is 9.36. The number of fused-ring (bicyclic) bond motifs is 1. The number of nitrogens with zero attached hydrogens (tertiary/aromatic N) is 3. The van der Waals surface area contributed by atoms with E-state index in [0.717, 1.165) is 28.4 Å². The van der Waals surface area contributed by atoms with Gasteiger partial charge >= 0.3 is 0 Å². The predicted octanol–water partition coefficient (Wildman–Crippen LogP) is 3.21. The molecule has 4 nitrogen and oxygen atoms in total. The number of nitrogens with one attached hydrogen (secondary N) is 1. The Morgan fingerprint density at radius 1 is 1.16 bits per heavy atom. The SMILES string of the molecule is CCc1cccc(CSc2ncnc3nc[nH]c23)c1. The van der Waals surface area contributed by atoms with E-state index in [9.17, 15) is 0 Å². The van der Waals surface area contributed by atoms with Crippen LogP contribution in [0.2, 0.25) is 0 Å². The van der Waals surface area contributed by atoms with Crippen molar-refractivity contribution < 1.29 is 0 Å². The maximum absolute atomic E-state index is 4.32. The lowest BCUT2D eigenvalue weighted by molar-refractivity contribution is 1.08. The molecule has 3 rings (SSSR count). The number of aryl methyl sites for hydroxylation is 1. The van der Waals surface area contributed by atoms with Crippen molar-refractivity contribution in [1.82, 2.24) is 19.9 Å². The molecule has 1 aromatic carbocycles. The molecule has 0 saturated heterocycles. The van der Waals surface area contributed by atoms with Gasteiger partial charge in [0.2, 0.25) is 0 Å². The van der Waals surface area contributed by atoms with E-state index >= 15 is 0 Å². The summed E-state index contributed by atoms with van der Waals surface area (Å²) in [5.41, 5.74) is 4.32. The molecule has 1 N–H and O–H groups in total. The van der Waals surface area contributed by atoms with Gasteiger partial charge < -0.3 is 4.98 Å². The van der Waals surface area contributed by atoms with Gasteiger partial charge in [-0.25, -0.2) is 15.0 Å². The van der Waals surface area contributed by atoms with Crippen LogP contribution >= 0.6 is 11.8 Å². The Kier molecular flexibility index (Phi) is 3.46. The lowest BCUT2D eigenvalue weighted by Gasteiger charge is -2.04. The Morgan fingerprint density at radius 3 is 2.95 bits per heavy atom. The van der Waals surface area contributed by atoms with Crippen LogP contribution in [0.4, 0.5) is 0 Å². The van der Waals surface area contributed by atoms with E-state index in [1.807, 2.05) is 0 Å². The first-order valence-corrected chi connectivity index (χ1v) is 7.20. The number of hydrogen-bond donors (Lipinski definition) is 1. The lowest BCUT2D eigenvalue weighted by Crippen LogP contribution is -1.88. The highest BCUT2D eigenvalue weighted by Crippen LogP contribution is 2.25. The molecule has 2 heterocycles. The average molecular weight is 270 g/mol. The highest BCUT2D eigenvalue weighted by atomic mass is 32.2. The second-order valence-corrected chi connectivity index (χ2v) is 5.21. The molecule has 0 aliphatic rings. The van der Waals surface area contributed by atoms with Crippen molar-refractivity contribution in [2.24, 2.45) is 0 Å². The van der Waals surface area contributed by atoms with Gasteiger partial charge in [0.25, 0.3) is 0 Å². The number of imidazole rings is 1. The van der Waals surface area contributed by atoms with Crippen molar-refractivity contribution in [3.63, 3.8) is 0 Å². The zero-order chi connectivity index (χ0) is 13.1. The number of thioether (sulfide) groups is 1. The first-order valence-electron chi connectivity index (χ1n) is 6.21. The Bertz CT molecular complexity index is 692. The van der Waals surface area contributed by atoms with Gasteiger partial charge in [-0.15, -0.1) is 0 Å². The van der Waals surface area contributed by atoms with Crippen LogP contribution in [0.25, 0.3) is 11.2 Å². The molecule has 19 heavy (non-hydrogen) atoms. The Labute approximate surface area is 115 Å². The molecule has 96 valence electrons. The minimum atomic E-state index is 0.722. The summed E-state index contributed by atoms with van der Waals surface area (Å²) in [6, 6.07) is 8.67. The number of benzene rings is 1. The number of rotatable bonds is 4. The molecule has 0 aliphatic heterocycles. The third-order valence-corrected chi connectivity index (χ3v) is 4.02. The van der Waals surface area contributed by atoms with Crippen LogP contribution in [0.3, 0.4) is 0 Å². The van der Waals surface area contributed by atoms with Crippen LogP contribution in [0.15, 0.2) is 41.9 Å². The molecular formula is C14H14N4S. The van der Waals surface area contributed by atoms with Crippen LogP contribution in [0.5, 0.6) is 0 Å². The Hall–Kier alpha value is -1.88. The van der Waals surface area contributed by atoms with Gasteiger partial charge in [-0.3, -0.25) is 0 Å². The Morgan fingerprint density at radius 2 is 2.05 bits per heavy atom. The van der Waals surface area contributed by atoms with E-state index in [2.05, 4.69) is 51.1 Å². The third-order valence-electron chi connectivity index (χ3n) is 2.96. The average Bonchev–Trinajstić information content (AvgIpc) is 2.94. The summed E-state index contributed by atoms with van der Waals surface area (Å²) in [7, 11) is 0. The highest BCUT2D eigenvalue weighted by Gasteiger charge is 2.06. The van der Waals surface area contributed by atoms with Gasteiger partial charge in [-0.1, -0.05) is 43.0 Å². The minimum absolute atomic E-state index is 0.722. The smallest absolute Gasteiger partial charge is 0.181 e. The summed E-state index contributed by atoms with van der Waals surface area (Å²) >= 11 is 1.70. The summed E-state index contributed by atoms with van der Waals surface area (Å²) in [6.07, 6.45) is 4.28. The van der Waals surface area contributed by atoms with Crippen molar-refractivity contribution in [2.75, 3.05) is 0 Å². The molecular weight excluding hydrogens is 256 g/mol. The predicted molar refractivity (Wildman–Crippen MR) is 77.1 cm³/mol. The van der Waals surface area contributed by atoms with Gasteiger partial charge in [0.1, 0.15) is 16.9 Å². The molecule has 0 amide bonds. The normalized spacial score (nSPS) is 11.0. The van der Waals surface area contributed by atoms with Crippen molar-refractivity contribution >= 4 is 22.9 Å². The van der Waals surface area contributed by atoms with Crippen LogP contribution in [0.1, 0.15) is 18.1 Å². The Balaban J connectivity index is 1.80. The molecule has 0 unspecified atom stereocenters. The molecule has 0 saturated carbocycles. The lowest BCUT2D eigenvalue weighted by atomic mass is 10.1. The zero-order valence-corrected chi connectivity index (χ0v) is 11.4. The van der Waals surface area contributed by atoms with Gasteiger partial charge in [0.05, 0.1) is 6.33 Å². The summed E-state index contributed by atoms with van der Waals surface area (Å²) in [5.74, 6) is 0.902. The molecule has 5 heteroatoms. The van der Waals surface area contributed by atoms with Gasteiger partial charge in [0, 0.05) is 5.75 Å². The first kappa shape index (κ1) is 12.2. The fourth-order valence-electron chi connectivity index (χ4n) is 1.94. The number of aromatic amines is 1. The maximum Gasteiger partial charge on any atom is 0.181 e. The van der Waals surface area contributed by atoms with Crippen LogP contribution in [-0.2, 0) is 12.2 Å². The fourth-order valence-corrected chi connectivity index (χ4v) is 2.84.